The Morgan fingerprint density at radius 1 is 1.18 bits per heavy atom. The van der Waals surface area contributed by atoms with Crippen molar-refractivity contribution in [3.05, 3.63) is 47.5 Å². The molecule has 0 radical (unpaired) electrons. The highest BCUT2D eigenvalue weighted by Gasteiger charge is 2.35. The molecule has 0 aliphatic rings. The second-order valence-corrected chi connectivity index (χ2v) is 10.3. The van der Waals surface area contributed by atoms with Crippen LogP contribution >= 0.6 is 0 Å². The van der Waals surface area contributed by atoms with Crippen LogP contribution in [0.2, 0.25) is 18.1 Å². The second kappa shape index (κ2) is 8.29. The van der Waals surface area contributed by atoms with Crippen LogP contribution in [-0.4, -0.2) is 21.4 Å². The second-order valence-electron chi connectivity index (χ2n) is 5.61. The third-order valence-corrected chi connectivity index (χ3v) is 9.14. The molecule has 122 valence electrons. The van der Waals surface area contributed by atoms with Gasteiger partial charge in [-0.3, -0.25) is 0 Å². The van der Waals surface area contributed by atoms with Gasteiger partial charge in [0.05, 0.1) is 12.7 Å². The first-order chi connectivity index (χ1) is 10.4. The van der Waals surface area contributed by atoms with Crippen molar-refractivity contribution < 1.29 is 14.0 Å². The molecule has 1 atom stereocenters. The monoisotopic (exact) mass is 320 g/mol. The maximum Gasteiger partial charge on any atom is 0.336 e. The van der Waals surface area contributed by atoms with Crippen molar-refractivity contribution in [2.24, 2.45) is 0 Å². The number of ether oxygens (including phenoxy) is 1. The molecule has 0 aliphatic carbocycles. The maximum absolute atomic E-state index is 12.0. The minimum atomic E-state index is -1.88. The highest BCUT2D eigenvalue weighted by molar-refractivity contribution is 6.73. The predicted octanol–water partition coefficient (Wildman–Crippen LogP) is 4.79. The summed E-state index contributed by atoms with van der Waals surface area (Å²) in [5.41, 5.74) is 2.48. The van der Waals surface area contributed by atoms with E-state index in [1.54, 1.807) is 0 Å². The van der Waals surface area contributed by atoms with E-state index in [1.807, 2.05) is 31.2 Å². The van der Waals surface area contributed by atoms with Crippen LogP contribution in [0.1, 0.15) is 38.0 Å². The molecule has 0 spiro atoms. The zero-order valence-electron chi connectivity index (χ0n) is 14.4. The molecule has 0 saturated heterocycles. The minimum Gasteiger partial charge on any atom is -0.466 e. The van der Waals surface area contributed by atoms with Crippen LogP contribution < -0.4 is 0 Å². The molecule has 3 nitrogen and oxygen atoms in total. The molecule has 1 unspecified atom stereocenters. The summed E-state index contributed by atoms with van der Waals surface area (Å²) in [6, 6.07) is 11.1. The van der Waals surface area contributed by atoms with Crippen LogP contribution in [0.25, 0.3) is 0 Å². The van der Waals surface area contributed by atoms with Gasteiger partial charge in [0.1, 0.15) is 6.10 Å². The molecule has 0 aliphatic heterocycles. The Hall–Kier alpha value is -1.39. The summed E-state index contributed by atoms with van der Waals surface area (Å²) in [5, 5.41) is 0. The first kappa shape index (κ1) is 18.7. The van der Waals surface area contributed by atoms with Crippen LogP contribution in [0.4, 0.5) is 0 Å². The van der Waals surface area contributed by atoms with Crippen molar-refractivity contribution >= 4 is 14.3 Å². The van der Waals surface area contributed by atoms with E-state index in [9.17, 15) is 4.79 Å². The van der Waals surface area contributed by atoms with Crippen LogP contribution in [0.3, 0.4) is 0 Å². The fourth-order valence-corrected chi connectivity index (χ4v) is 5.46. The smallest absolute Gasteiger partial charge is 0.336 e. The summed E-state index contributed by atoms with van der Waals surface area (Å²) < 4.78 is 11.4. The summed E-state index contributed by atoms with van der Waals surface area (Å²) in [5.74, 6) is -0.403. The summed E-state index contributed by atoms with van der Waals surface area (Å²) in [7, 11) is -0.495. The fraction of sp³-hybridized carbons (Fsp3) is 0.500. The highest BCUT2D eigenvalue weighted by atomic mass is 28.4. The fourth-order valence-electron chi connectivity index (χ4n) is 2.69. The van der Waals surface area contributed by atoms with Gasteiger partial charge in [-0.1, -0.05) is 51.6 Å². The normalized spacial score (nSPS) is 12.8. The van der Waals surface area contributed by atoms with Gasteiger partial charge < -0.3 is 9.16 Å². The van der Waals surface area contributed by atoms with Gasteiger partial charge in [0, 0.05) is 0 Å². The molecule has 0 bridgehead atoms. The largest absolute Gasteiger partial charge is 0.466 e. The molecule has 0 amide bonds. The summed E-state index contributed by atoms with van der Waals surface area (Å²) in [6.07, 6.45) is -0.417. The van der Waals surface area contributed by atoms with Crippen LogP contribution in [0.5, 0.6) is 0 Å². The number of rotatable bonds is 8. The lowest BCUT2D eigenvalue weighted by Gasteiger charge is -2.34. The van der Waals surface area contributed by atoms with Gasteiger partial charge >= 0.3 is 5.97 Å². The number of esters is 1. The van der Waals surface area contributed by atoms with E-state index < -0.39 is 20.4 Å². The number of methoxy groups -OCH3 is 1. The van der Waals surface area contributed by atoms with Crippen LogP contribution in [-0.2, 0) is 14.0 Å². The van der Waals surface area contributed by atoms with Crippen molar-refractivity contribution in [2.45, 2.75) is 51.9 Å². The van der Waals surface area contributed by atoms with Gasteiger partial charge in [-0.15, -0.1) is 0 Å². The van der Waals surface area contributed by atoms with E-state index in [0.29, 0.717) is 5.57 Å². The van der Waals surface area contributed by atoms with Crippen LogP contribution in [0, 0.1) is 6.92 Å². The van der Waals surface area contributed by atoms with E-state index in [4.69, 9.17) is 9.16 Å². The average Bonchev–Trinajstić information content (AvgIpc) is 2.56. The molecule has 0 aromatic heterocycles. The molecular weight excluding hydrogens is 292 g/mol. The number of hydrogen-bond donors (Lipinski definition) is 0. The van der Waals surface area contributed by atoms with Gasteiger partial charge in [-0.05, 0) is 36.2 Å². The Balaban J connectivity index is 3.26. The van der Waals surface area contributed by atoms with Crippen molar-refractivity contribution in [1.82, 2.24) is 0 Å². The van der Waals surface area contributed by atoms with E-state index in [0.717, 1.165) is 29.3 Å². The number of carbonyl (C=O) groups excluding carboxylic acids is 1. The van der Waals surface area contributed by atoms with Gasteiger partial charge in [-0.25, -0.2) is 4.79 Å². The van der Waals surface area contributed by atoms with Crippen LogP contribution in [0.15, 0.2) is 36.4 Å². The Morgan fingerprint density at radius 2 is 1.73 bits per heavy atom. The van der Waals surface area contributed by atoms with E-state index in [2.05, 4.69) is 27.4 Å². The summed E-state index contributed by atoms with van der Waals surface area (Å²) in [4.78, 5) is 12.0. The van der Waals surface area contributed by atoms with Gasteiger partial charge in [0.25, 0.3) is 0 Å². The SMILES string of the molecule is C=C(C(=O)OC)C(O[Si](CC)(CC)CC)c1ccccc1C. The van der Waals surface area contributed by atoms with Gasteiger partial charge in [0.15, 0.2) is 8.32 Å². The van der Waals surface area contributed by atoms with E-state index >= 15 is 0 Å². The summed E-state index contributed by atoms with van der Waals surface area (Å²) >= 11 is 0. The highest BCUT2D eigenvalue weighted by Crippen LogP contribution is 2.35. The Labute approximate surface area is 135 Å². The maximum atomic E-state index is 12.0. The van der Waals surface area contributed by atoms with Gasteiger partial charge in [0.2, 0.25) is 0 Å². The zero-order valence-corrected chi connectivity index (χ0v) is 15.4. The Morgan fingerprint density at radius 3 is 2.18 bits per heavy atom. The molecule has 0 heterocycles. The topological polar surface area (TPSA) is 35.5 Å². The van der Waals surface area contributed by atoms with Crippen molar-refractivity contribution in [3.63, 3.8) is 0 Å². The summed E-state index contributed by atoms with van der Waals surface area (Å²) in [6.45, 7) is 12.5. The first-order valence-electron chi connectivity index (χ1n) is 7.95. The molecule has 4 heteroatoms. The first-order valence-corrected chi connectivity index (χ1v) is 10.5. The number of aryl methyl sites for hydroxylation is 1. The van der Waals surface area contributed by atoms with E-state index in [1.165, 1.54) is 7.11 Å². The van der Waals surface area contributed by atoms with Crippen molar-refractivity contribution in [2.75, 3.05) is 7.11 Å². The molecule has 1 aromatic carbocycles. The zero-order chi connectivity index (χ0) is 16.8. The molecular formula is C18H28O3Si. The third-order valence-electron chi connectivity index (χ3n) is 4.54. The Kier molecular flexibility index (Phi) is 7.03. The molecule has 0 fully saturated rings. The number of benzene rings is 1. The molecule has 1 rings (SSSR count). The third kappa shape index (κ3) is 4.08. The average molecular weight is 321 g/mol. The number of carbonyl (C=O) groups is 1. The number of hydrogen-bond acceptors (Lipinski definition) is 3. The quantitative estimate of drug-likeness (QED) is 0.392. The Bertz CT molecular complexity index is 513. The minimum absolute atomic E-state index is 0.379. The lowest BCUT2D eigenvalue weighted by Crippen LogP contribution is -2.38. The lowest BCUT2D eigenvalue weighted by molar-refractivity contribution is -0.137. The molecule has 0 N–H and O–H groups in total. The lowest BCUT2D eigenvalue weighted by atomic mass is 9.98. The van der Waals surface area contributed by atoms with E-state index in [-0.39, 0.29) is 0 Å². The van der Waals surface area contributed by atoms with Crippen molar-refractivity contribution in [1.29, 1.82) is 0 Å². The molecule has 0 saturated carbocycles. The standard InChI is InChI=1S/C18H28O3Si/c1-7-22(8-2,9-3)21-17(15(5)18(19)20-6)16-13-11-10-12-14(16)4/h10-13,17H,5,7-9H2,1-4,6H3. The molecule has 1 aromatic rings. The predicted molar refractivity (Wildman–Crippen MR) is 93.4 cm³/mol. The van der Waals surface area contributed by atoms with Gasteiger partial charge in [-0.2, -0.15) is 0 Å². The van der Waals surface area contributed by atoms with Crippen molar-refractivity contribution in [3.8, 4) is 0 Å². The molecule has 22 heavy (non-hydrogen) atoms.